The second-order valence-corrected chi connectivity index (χ2v) is 5.75. The van der Waals surface area contributed by atoms with E-state index in [4.69, 9.17) is 9.47 Å². The Morgan fingerprint density at radius 2 is 1.80 bits per heavy atom. The van der Waals surface area contributed by atoms with Gasteiger partial charge in [0, 0.05) is 10.9 Å². The van der Waals surface area contributed by atoms with Crippen LogP contribution in [-0.2, 0) is 0 Å². The van der Waals surface area contributed by atoms with Gasteiger partial charge in [-0.05, 0) is 23.8 Å². The first kappa shape index (κ1) is 19.0. The molecule has 7 heteroatoms. The van der Waals surface area contributed by atoms with E-state index < -0.39 is 0 Å². The number of nitrogens with one attached hydrogen (secondary N) is 1. The summed E-state index contributed by atoms with van der Waals surface area (Å²) in [4.78, 5) is 4.54. The molecule has 0 unspecified atom stereocenters. The third kappa shape index (κ3) is 4.80. The molecule has 2 aromatic carbocycles. The number of nitrogens with zero attached hydrogens (tertiary/aromatic N) is 2. The van der Waals surface area contributed by atoms with Crippen LogP contribution in [0.15, 0.2) is 59.0 Å². The van der Waals surface area contributed by atoms with Gasteiger partial charge in [-0.25, -0.2) is 4.98 Å². The van der Waals surface area contributed by atoms with Gasteiger partial charge < -0.3 is 9.47 Å². The van der Waals surface area contributed by atoms with E-state index in [0.29, 0.717) is 11.5 Å². The highest BCUT2D eigenvalue weighted by Crippen LogP contribution is 2.33. The molecular weight excluding hydrogens is 402 g/mol. The Labute approximate surface area is 161 Å². The van der Waals surface area contributed by atoms with Crippen molar-refractivity contribution in [2.75, 3.05) is 19.6 Å². The molecule has 1 N–H and O–H groups in total. The van der Waals surface area contributed by atoms with Crippen LogP contribution in [0.1, 0.15) is 5.56 Å². The fourth-order valence-corrected chi connectivity index (χ4v) is 2.82. The third-order valence-electron chi connectivity index (χ3n) is 3.36. The van der Waals surface area contributed by atoms with Gasteiger partial charge >= 0.3 is 0 Å². The molecule has 0 amide bonds. The van der Waals surface area contributed by atoms with E-state index in [1.165, 1.54) is 11.3 Å². The van der Waals surface area contributed by atoms with Crippen molar-refractivity contribution in [1.82, 2.24) is 4.98 Å². The Balaban J connectivity index is 0.00000225. The van der Waals surface area contributed by atoms with Crippen molar-refractivity contribution in [3.63, 3.8) is 0 Å². The van der Waals surface area contributed by atoms with Gasteiger partial charge in [-0.1, -0.05) is 30.3 Å². The second-order valence-electron chi connectivity index (χ2n) is 4.89. The van der Waals surface area contributed by atoms with E-state index in [-0.39, 0.29) is 17.0 Å². The lowest BCUT2D eigenvalue weighted by Crippen LogP contribution is -1.92. The third-order valence-corrected chi connectivity index (χ3v) is 4.10. The Morgan fingerprint density at radius 3 is 2.52 bits per heavy atom. The summed E-state index contributed by atoms with van der Waals surface area (Å²) in [6, 6.07) is 15.6. The molecule has 1 heterocycles. The van der Waals surface area contributed by atoms with E-state index in [1.54, 1.807) is 20.4 Å². The summed E-state index contributed by atoms with van der Waals surface area (Å²) >= 11 is 1.49. The lowest BCUT2D eigenvalue weighted by molar-refractivity contribution is 0.355. The zero-order chi connectivity index (χ0) is 16.8. The Hall–Kier alpha value is -2.38. The summed E-state index contributed by atoms with van der Waals surface area (Å²) in [6.07, 6.45) is 1.76. The first-order valence-corrected chi connectivity index (χ1v) is 8.20. The fraction of sp³-hybridized carbons (Fsp3) is 0.111. The molecule has 0 bridgehead atoms. The van der Waals surface area contributed by atoms with Crippen LogP contribution in [0.4, 0.5) is 5.13 Å². The van der Waals surface area contributed by atoms with E-state index in [0.717, 1.165) is 22.0 Å². The maximum absolute atomic E-state index is 5.33. The standard InChI is InChI=1S/C18H17N3O2S.BrH/c1-22-16-9-8-14(10-17(16)23-2)15-12-24-18(20-15)21-19-11-13-6-4-3-5-7-13;/h3-12H,1-2H3,(H,20,21);1H. The number of hydrazone groups is 1. The van der Waals surface area contributed by atoms with Crippen molar-refractivity contribution in [2.24, 2.45) is 5.10 Å². The zero-order valence-corrected chi connectivity index (χ0v) is 16.3. The maximum atomic E-state index is 5.33. The van der Waals surface area contributed by atoms with Crippen LogP contribution < -0.4 is 14.9 Å². The van der Waals surface area contributed by atoms with E-state index in [1.807, 2.05) is 53.9 Å². The second kappa shape index (κ2) is 9.19. The summed E-state index contributed by atoms with van der Waals surface area (Å²) < 4.78 is 10.6. The van der Waals surface area contributed by atoms with Crippen LogP contribution in [0.25, 0.3) is 11.3 Å². The number of anilines is 1. The van der Waals surface area contributed by atoms with Crippen LogP contribution in [0.5, 0.6) is 11.5 Å². The summed E-state index contributed by atoms with van der Waals surface area (Å²) in [5.41, 5.74) is 5.81. The van der Waals surface area contributed by atoms with Crippen LogP contribution in [-0.4, -0.2) is 25.4 Å². The molecule has 0 spiro atoms. The molecule has 0 saturated carbocycles. The quantitative estimate of drug-likeness (QED) is 0.458. The number of aromatic nitrogens is 1. The summed E-state index contributed by atoms with van der Waals surface area (Å²) in [7, 11) is 3.24. The molecule has 0 aliphatic carbocycles. The molecule has 1 aromatic heterocycles. The molecule has 0 fully saturated rings. The van der Waals surface area contributed by atoms with Gasteiger partial charge in [0.25, 0.3) is 0 Å². The molecule has 0 atom stereocenters. The highest BCUT2D eigenvalue weighted by Gasteiger charge is 2.09. The topological polar surface area (TPSA) is 55.7 Å². The van der Waals surface area contributed by atoms with Crippen molar-refractivity contribution in [3.05, 3.63) is 59.5 Å². The molecule has 130 valence electrons. The lowest BCUT2D eigenvalue weighted by Gasteiger charge is -2.08. The largest absolute Gasteiger partial charge is 0.493 e. The minimum absolute atomic E-state index is 0. The Bertz CT molecular complexity index is 837. The van der Waals surface area contributed by atoms with Crippen LogP contribution in [0, 0.1) is 0 Å². The predicted octanol–water partition coefficient (Wildman–Crippen LogP) is 4.85. The zero-order valence-electron chi connectivity index (χ0n) is 13.8. The van der Waals surface area contributed by atoms with Crippen molar-refractivity contribution < 1.29 is 9.47 Å². The van der Waals surface area contributed by atoms with Crippen molar-refractivity contribution in [3.8, 4) is 22.8 Å². The van der Waals surface area contributed by atoms with Gasteiger partial charge in [-0.2, -0.15) is 5.10 Å². The predicted molar refractivity (Wildman–Crippen MR) is 109 cm³/mol. The maximum Gasteiger partial charge on any atom is 0.203 e. The number of rotatable bonds is 6. The smallest absolute Gasteiger partial charge is 0.203 e. The number of hydrogen-bond donors (Lipinski definition) is 1. The highest BCUT2D eigenvalue weighted by atomic mass is 79.9. The van der Waals surface area contributed by atoms with Crippen LogP contribution in [0.2, 0.25) is 0 Å². The monoisotopic (exact) mass is 419 g/mol. The first-order valence-electron chi connectivity index (χ1n) is 7.32. The lowest BCUT2D eigenvalue weighted by atomic mass is 10.1. The van der Waals surface area contributed by atoms with Gasteiger partial charge in [0.2, 0.25) is 5.13 Å². The summed E-state index contributed by atoms with van der Waals surface area (Å²) in [5.74, 6) is 1.38. The molecule has 0 radical (unpaired) electrons. The number of thiazole rings is 1. The molecule has 3 rings (SSSR count). The van der Waals surface area contributed by atoms with Crippen LogP contribution >= 0.6 is 28.3 Å². The van der Waals surface area contributed by atoms with Crippen molar-refractivity contribution >= 4 is 39.7 Å². The minimum Gasteiger partial charge on any atom is -0.493 e. The molecule has 0 saturated heterocycles. The molecule has 3 aromatic rings. The van der Waals surface area contributed by atoms with Crippen molar-refractivity contribution in [1.29, 1.82) is 0 Å². The van der Waals surface area contributed by atoms with Crippen molar-refractivity contribution in [2.45, 2.75) is 0 Å². The number of methoxy groups -OCH3 is 2. The summed E-state index contributed by atoms with van der Waals surface area (Å²) in [5, 5.41) is 6.91. The van der Waals surface area contributed by atoms with E-state index in [2.05, 4.69) is 15.5 Å². The number of hydrogen-bond acceptors (Lipinski definition) is 6. The average Bonchev–Trinajstić information content (AvgIpc) is 3.11. The van der Waals surface area contributed by atoms with E-state index in [9.17, 15) is 0 Å². The van der Waals surface area contributed by atoms with Gasteiger partial charge in [-0.3, -0.25) is 5.43 Å². The number of ether oxygens (including phenoxy) is 2. The fourth-order valence-electron chi connectivity index (χ4n) is 2.15. The molecule has 0 aliphatic rings. The minimum atomic E-state index is 0. The van der Waals surface area contributed by atoms with Gasteiger partial charge in [0.1, 0.15) is 0 Å². The molecule has 25 heavy (non-hydrogen) atoms. The van der Waals surface area contributed by atoms with Crippen LogP contribution in [0.3, 0.4) is 0 Å². The number of benzene rings is 2. The van der Waals surface area contributed by atoms with Gasteiger partial charge in [-0.15, -0.1) is 28.3 Å². The Kier molecular flexibility index (Phi) is 6.97. The first-order chi connectivity index (χ1) is 11.8. The molecule has 5 nitrogen and oxygen atoms in total. The van der Waals surface area contributed by atoms with Gasteiger partial charge in [0.15, 0.2) is 11.5 Å². The normalized spacial score (nSPS) is 10.3. The van der Waals surface area contributed by atoms with E-state index >= 15 is 0 Å². The highest BCUT2D eigenvalue weighted by molar-refractivity contribution is 8.93. The SMILES string of the molecule is Br.COc1ccc(-c2csc(NN=Cc3ccccc3)n2)cc1OC. The molecule has 0 aliphatic heterocycles. The molecular formula is C18H18BrN3O2S. The number of halogens is 1. The Morgan fingerprint density at radius 1 is 1.04 bits per heavy atom. The average molecular weight is 420 g/mol. The van der Waals surface area contributed by atoms with Gasteiger partial charge in [0.05, 0.1) is 26.1 Å². The summed E-state index contributed by atoms with van der Waals surface area (Å²) in [6.45, 7) is 0.